The monoisotopic (exact) mass is 283 g/mol. The number of anilines is 1. The molecule has 0 amide bonds. The van der Waals surface area contributed by atoms with Crippen molar-refractivity contribution in [3.8, 4) is 0 Å². The van der Waals surface area contributed by atoms with Crippen LogP contribution < -0.4 is 14.8 Å². The van der Waals surface area contributed by atoms with Crippen LogP contribution in [-0.4, -0.2) is 21.0 Å². The third-order valence-electron chi connectivity index (χ3n) is 3.08. The fourth-order valence-electron chi connectivity index (χ4n) is 1.98. The molecule has 1 fully saturated rings. The number of nitrogens with one attached hydrogen (secondary N) is 3. The normalized spacial score (nSPS) is 17.2. The predicted octanol–water partition coefficient (Wildman–Crippen LogP) is 1.77. The molecule has 1 unspecified atom stereocenters. The Bertz CT molecular complexity index is 526. The molecule has 0 spiro atoms. The first-order valence-electron chi connectivity index (χ1n) is 6.64. The topological polar surface area (TPSA) is 70.2 Å². The minimum atomic E-state index is -3.47. The van der Waals surface area contributed by atoms with Gasteiger partial charge in [0.25, 0.3) is 10.2 Å². The maximum Gasteiger partial charge on any atom is 0.299 e. The van der Waals surface area contributed by atoms with Gasteiger partial charge in [0.1, 0.15) is 0 Å². The highest BCUT2D eigenvalue weighted by Gasteiger charge is 2.27. The molecule has 0 heterocycles. The smallest absolute Gasteiger partial charge is 0.299 e. The minimum absolute atomic E-state index is 0.102. The van der Waals surface area contributed by atoms with Crippen molar-refractivity contribution >= 4 is 15.9 Å². The number of hydrogen-bond acceptors (Lipinski definition) is 3. The number of benzene rings is 1. The molecular weight excluding hydrogens is 262 g/mol. The molecule has 1 aromatic rings. The minimum Gasteiger partial charge on any atom is -0.310 e. The number of rotatable bonds is 7. The summed E-state index contributed by atoms with van der Waals surface area (Å²) in [6.07, 6.45) is 1.85. The van der Waals surface area contributed by atoms with Crippen LogP contribution in [0.5, 0.6) is 0 Å². The van der Waals surface area contributed by atoms with Gasteiger partial charge < -0.3 is 5.32 Å². The summed E-state index contributed by atoms with van der Waals surface area (Å²) in [5.41, 5.74) is 1.58. The van der Waals surface area contributed by atoms with E-state index in [0.717, 1.165) is 24.9 Å². The first kappa shape index (κ1) is 14.3. The molecule has 2 rings (SSSR count). The summed E-state index contributed by atoms with van der Waals surface area (Å²) >= 11 is 0. The number of para-hydroxylation sites is 1. The lowest BCUT2D eigenvalue weighted by Crippen LogP contribution is -2.32. The van der Waals surface area contributed by atoms with E-state index in [1.807, 2.05) is 32.0 Å². The second kappa shape index (κ2) is 5.90. The summed E-state index contributed by atoms with van der Waals surface area (Å²) < 4.78 is 29.1. The van der Waals surface area contributed by atoms with Crippen LogP contribution in [0.15, 0.2) is 24.3 Å². The summed E-state index contributed by atoms with van der Waals surface area (Å²) in [6.45, 7) is 4.88. The zero-order valence-corrected chi connectivity index (χ0v) is 12.1. The Morgan fingerprint density at radius 3 is 2.63 bits per heavy atom. The van der Waals surface area contributed by atoms with Crippen molar-refractivity contribution in [1.29, 1.82) is 0 Å². The van der Waals surface area contributed by atoms with Crippen LogP contribution in [0, 0.1) is 0 Å². The standard InChI is InChI=1S/C13H21N3O2S/c1-3-14-10(2)12-6-4-5-7-13(12)16-19(17,18)15-11-8-9-11/h4-7,10-11,14-16H,3,8-9H2,1-2H3. The summed E-state index contributed by atoms with van der Waals surface area (Å²) in [7, 11) is -3.47. The molecule has 3 N–H and O–H groups in total. The van der Waals surface area contributed by atoms with Crippen molar-refractivity contribution in [2.45, 2.75) is 38.8 Å². The van der Waals surface area contributed by atoms with E-state index < -0.39 is 10.2 Å². The Labute approximate surface area is 115 Å². The van der Waals surface area contributed by atoms with Crippen LogP contribution in [0.3, 0.4) is 0 Å². The van der Waals surface area contributed by atoms with Gasteiger partial charge in [-0.05, 0) is 37.9 Å². The fourth-order valence-corrected chi connectivity index (χ4v) is 3.19. The molecule has 1 aromatic carbocycles. The summed E-state index contributed by atoms with van der Waals surface area (Å²) in [5.74, 6) is 0. The first-order valence-corrected chi connectivity index (χ1v) is 8.12. The van der Waals surface area contributed by atoms with Crippen LogP contribution in [0.25, 0.3) is 0 Å². The first-order chi connectivity index (χ1) is 9.02. The summed E-state index contributed by atoms with van der Waals surface area (Å²) in [6, 6.07) is 7.67. The molecule has 6 heteroatoms. The summed E-state index contributed by atoms with van der Waals surface area (Å²) in [4.78, 5) is 0. The molecule has 0 bridgehead atoms. The molecule has 106 valence electrons. The van der Waals surface area contributed by atoms with E-state index in [0.29, 0.717) is 5.69 Å². The van der Waals surface area contributed by atoms with Crippen molar-refractivity contribution in [2.75, 3.05) is 11.3 Å². The lowest BCUT2D eigenvalue weighted by atomic mass is 10.1. The molecule has 0 aromatic heterocycles. The van der Waals surface area contributed by atoms with Gasteiger partial charge in [0.15, 0.2) is 0 Å². The molecule has 0 aliphatic heterocycles. The Morgan fingerprint density at radius 1 is 1.32 bits per heavy atom. The maximum absolute atomic E-state index is 11.9. The van der Waals surface area contributed by atoms with E-state index in [9.17, 15) is 8.42 Å². The van der Waals surface area contributed by atoms with Gasteiger partial charge in [-0.25, -0.2) is 0 Å². The fraction of sp³-hybridized carbons (Fsp3) is 0.538. The van der Waals surface area contributed by atoms with E-state index in [4.69, 9.17) is 0 Å². The second-order valence-corrected chi connectivity index (χ2v) is 6.31. The quantitative estimate of drug-likeness (QED) is 0.714. The third kappa shape index (κ3) is 4.19. The van der Waals surface area contributed by atoms with Crippen LogP contribution in [0.4, 0.5) is 5.69 Å². The summed E-state index contributed by atoms with van der Waals surface area (Å²) in [5, 5.41) is 3.29. The molecule has 1 aliphatic rings. The van der Waals surface area contributed by atoms with E-state index in [-0.39, 0.29) is 12.1 Å². The lowest BCUT2D eigenvalue weighted by molar-refractivity contribution is 0.585. The van der Waals surface area contributed by atoms with E-state index >= 15 is 0 Å². The van der Waals surface area contributed by atoms with Crippen molar-refractivity contribution in [2.24, 2.45) is 0 Å². The van der Waals surface area contributed by atoms with Gasteiger partial charge >= 0.3 is 0 Å². The molecule has 1 atom stereocenters. The van der Waals surface area contributed by atoms with Gasteiger partial charge in [-0.15, -0.1) is 0 Å². The van der Waals surface area contributed by atoms with Crippen LogP contribution >= 0.6 is 0 Å². The van der Waals surface area contributed by atoms with Gasteiger partial charge in [0.05, 0.1) is 5.69 Å². The highest BCUT2D eigenvalue weighted by Crippen LogP contribution is 2.24. The van der Waals surface area contributed by atoms with Gasteiger partial charge in [-0.1, -0.05) is 25.1 Å². The molecular formula is C13H21N3O2S. The maximum atomic E-state index is 11.9. The molecule has 1 saturated carbocycles. The molecule has 0 saturated heterocycles. The largest absolute Gasteiger partial charge is 0.310 e. The van der Waals surface area contributed by atoms with E-state index in [1.54, 1.807) is 6.07 Å². The highest BCUT2D eigenvalue weighted by atomic mass is 32.2. The second-order valence-electron chi connectivity index (χ2n) is 4.86. The molecule has 1 aliphatic carbocycles. The van der Waals surface area contributed by atoms with Gasteiger partial charge in [0, 0.05) is 12.1 Å². The Kier molecular flexibility index (Phi) is 4.44. The molecule has 0 radical (unpaired) electrons. The Balaban J connectivity index is 2.14. The van der Waals surface area contributed by atoms with Crippen molar-refractivity contribution in [3.63, 3.8) is 0 Å². The van der Waals surface area contributed by atoms with Gasteiger partial charge in [-0.3, -0.25) is 4.72 Å². The molecule has 5 nitrogen and oxygen atoms in total. The van der Waals surface area contributed by atoms with Crippen molar-refractivity contribution in [3.05, 3.63) is 29.8 Å². The van der Waals surface area contributed by atoms with Gasteiger partial charge in [-0.2, -0.15) is 13.1 Å². The Hall–Kier alpha value is -1.11. The van der Waals surface area contributed by atoms with Crippen molar-refractivity contribution < 1.29 is 8.42 Å². The van der Waals surface area contributed by atoms with Crippen LogP contribution in [0.2, 0.25) is 0 Å². The van der Waals surface area contributed by atoms with E-state index in [1.165, 1.54) is 0 Å². The SMILES string of the molecule is CCNC(C)c1ccccc1NS(=O)(=O)NC1CC1. The van der Waals surface area contributed by atoms with Crippen LogP contribution in [-0.2, 0) is 10.2 Å². The Morgan fingerprint density at radius 2 is 2.00 bits per heavy atom. The zero-order chi connectivity index (χ0) is 13.9. The van der Waals surface area contributed by atoms with Crippen LogP contribution in [0.1, 0.15) is 38.3 Å². The molecule has 19 heavy (non-hydrogen) atoms. The number of hydrogen-bond donors (Lipinski definition) is 3. The average Bonchev–Trinajstić information content (AvgIpc) is 3.12. The van der Waals surface area contributed by atoms with E-state index in [2.05, 4.69) is 14.8 Å². The lowest BCUT2D eigenvalue weighted by Gasteiger charge is -2.18. The van der Waals surface area contributed by atoms with Crippen molar-refractivity contribution in [1.82, 2.24) is 10.0 Å². The highest BCUT2D eigenvalue weighted by molar-refractivity contribution is 7.90. The zero-order valence-electron chi connectivity index (χ0n) is 11.3. The predicted molar refractivity (Wildman–Crippen MR) is 77.2 cm³/mol. The third-order valence-corrected chi connectivity index (χ3v) is 4.21. The van der Waals surface area contributed by atoms with Gasteiger partial charge in [0.2, 0.25) is 0 Å². The average molecular weight is 283 g/mol.